The maximum Gasteiger partial charge on any atom is 0.225 e. The van der Waals surface area contributed by atoms with Crippen LogP contribution in [-0.2, 0) is 6.54 Å². The summed E-state index contributed by atoms with van der Waals surface area (Å²) in [5, 5.41) is 16.2. The third-order valence-electron chi connectivity index (χ3n) is 4.38. The monoisotopic (exact) mass is 408 g/mol. The van der Waals surface area contributed by atoms with Crippen LogP contribution in [0.1, 0.15) is 5.56 Å². The predicted octanol–water partition coefficient (Wildman–Crippen LogP) is 5.20. The molecular weight excluding hydrogens is 394 g/mol. The number of rotatable bonds is 5. The average molecular weight is 408 g/mol. The van der Waals surface area contributed by atoms with Crippen LogP contribution >= 0.6 is 11.3 Å². The summed E-state index contributed by atoms with van der Waals surface area (Å²) >= 11 is 1.53. The molecule has 2 aromatic carbocycles. The minimum atomic E-state index is -0.618. The zero-order chi connectivity index (χ0) is 19.8. The first-order chi connectivity index (χ1) is 14.1. The Hall–Kier alpha value is -3.59. The van der Waals surface area contributed by atoms with Crippen LogP contribution in [0, 0.1) is 11.6 Å². The fourth-order valence-corrected chi connectivity index (χ4v) is 3.85. The summed E-state index contributed by atoms with van der Waals surface area (Å²) in [7, 11) is 0. The maximum atomic E-state index is 13.4. The van der Waals surface area contributed by atoms with Crippen LogP contribution in [-0.4, -0.2) is 20.2 Å². The number of anilines is 3. The summed E-state index contributed by atoms with van der Waals surface area (Å²) in [6, 6.07) is 11.1. The number of aromatic amines is 1. The van der Waals surface area contributed by atoms with Crippen LogP contribution in [0.3, 0.4) is 0 Å². The average Bonchev–Trinajstić information content (AvgIpc) is 3.34. The maximum absolute atomic E-state index is 13.4. The van der Waals surface area contributed by atoms with Gasteiger partial charge in [0.25, 0.3) is 0 Å². The molecule has 0 aliphatic heterocycles. The van der Waals surface area contributed by atoms with Gasteiger partial charge in [-0.25, -0.2) is 13.8 Å². The van der Waals surface area contributed by atoms with Gasteiger partial charge in [0.15, 0.2) is 5.82 Å². The molecule has 3 N–H and O–H groups in total. The van der Waals surface area contributed by atoms with Crippen molar-refractivity contribution in [2.45, 2.75) is 6.54 Å². The van der Waals surface area contributed by atoms with Gasteiger partial charge in [-0.2, -0.15) is 10.1 Å². The van der Waals surface area contributed by atoms with Crippen molar-refractivity contribution in [1.82, 2.24) is 20.2 Å². The molecule has 0 radical (unpaired) electrons. The van der Waals surface area contributed by atoms with Gasteiger partial charge in [0, 0.05) is 23.7 Å². The number of H-pyrrole nitrogens is 1. The van der Waals surface area contributed by atoms with Gasteiger partial charge in [-0.15, -0.1) is 11.3 Å². The topological polar surface area (TPSA) is 78.5 Å². The van der Waals surface area contributed by atoms with E-state index in [0.29, 0.717) is 17.3 Å². The molecule has 29 heavy (non-hydrogen) atoms. The molecule has 9 heteroatoms. The molecule has 0 saturated carbocycles. The highest BCUT2D eigenvalue weighted by atomic mass is 32.1. The van der Waals surface area contributed by atoms with E-state index in [1.165, 1.54) is 23.5 Å². The van der Waals surface area contributed by atoms with Crippen molar-refractivity contribution < 1.29 is 8.78 Å². The molecule has 0 atom stereocenters. The number of benzene rings is 2. The largest absolute Gasteiger partial charge is 0.350 e. The van der Waals surface area contributed by atoms with Crippen molar-refractivity contribution in [3.05, 3.63) is 71.2 Å². The zero-order valence-corrected chi connectivity index (χ0v) is 15.7. The zero-order valence-electron chi connectivity index (χ0n) is 14.9. The van der Waals surface area contributed by atoms with E-state index >= 15 is 0 Å². The second-order valence-corrected chi connectivity index (χ2v) is 7.38. The smallest absolute Gasteiger partial charge is 0.225 e. The standard InChI is InChI=1S/C20H14F2N6S/c21-13-5-11(6-14(22)8-13)9-23-20-26-17-3-4-29-18(17)19(27-20)25-15-1-2-16-12(7-15)10-24-28-16/h1-8,10H,9H2,(H,24,28)(H2,23,25,26,27). The summed E-state index contributed by atoms with van der Waals surface area (Å²) in [5.41, 5.74) is 3.07. The molecule has 0 unspecified atom stereocenters. The van der Waals surface area contributed by atoms with Gasteiger partial charge >= 0.3 is 0 Å². The number of hydrogen-bond donors (Lipinski definition) is 3. The van der Waals surface area contributed by atoms with E-state index in [1.807, 2.05) is 29.6 Å². The van der Waals surface area contributed by atoms with Crippen LogP contribution in [0.5, 0.6) is 0 Å². The predicted molar refractivity (Wildman–Crippen MR) is 110 cm³/mol. The number of thiophene rings is 1. The Bertz CT molecular complexity index is 1310. The Labute approximate surface area is 167 Å². The third-order valence-corrected chi connectivity index (χ3v) is 5.29. The van der Waals surface area contributed by atoms with Gasteiger partial charge < -0.3 is 10.6 Å². The second kappa shape index (κ2) is 7.10. The minimum Gasteiger partial charge on any atom is -0.350 e. The van der Waals surface area contributed by atoms with Crippen molar-refractivity contribution in [3.8, 4) is 0 Å². The molecule has 0 aliphatic rings. The summed E-state index contributed by atoms with van der Waals surface area (Å²) < 4.78 is 27.7. The number of nitrogens with one attached hydrogen (secondary N) is 3. The molecule has 0 fully saturated rings. The first-order valence-electron chi connectivity index (χ1n) is 8.78. The van der Waals surface area contributed by atoms with Crippen LogP contribution < -0.4 is 10.6 Å². The molecule has 5 rings (SSSR count). The van der Waals surface area contributed by atoms with Gasteiger partial charge in [0.05, 0.1) is 21.9 Å². The van der Waals surface area contributed by atoms with E-state index in [1.54, 1.807) is 6.20 Å². The molecule has 0 saturated heterocycles. The van der Waals surface area contributed by atoms with E-state index in [2.05, 4.69) is 30.8 Å². The van der Waals surface area contributed by atoms with Crippen LogP contribution in [0.15, 0.2) is 54.0 Å². The van der Waals surface area contributed by atoms with Crippen molar-refractivity contribution in [2.75, 3.05) is 10.6 Å². The number of hydrogen-bond acceptors (Lipinski definition) is 6. The number of fused-ring (bicyclic) bond motifs is 2. The summed E-state index contributed by atoms with van der Waals surface area (Å²) in [5.74, 6) is -0.214. The quantitative estimate of drug-likeness (QED) is 0.372. The molecule has 6 nitrogen and oxygen atoms in total. The highest BCUT2D eigenvalue weighted by Crippen LogP contribution is 2.30. The minimum absolute atomic E-state index is 0.199. The van der Waals surface area contributed by atoms with Gasteiger partial charge in [-0.3, -0.25) is 5.10 Å². The number of nitrogens with zero attached hydrogens (tertiary/aromatic N) is 3. The Kier molecular flexibility index (Phi) is 4.28. The second-order valence-electron chi connectivity index (χ2n) is 6.46. The van der Waals surface area contributed by atoms with Crippen LogP contribution in [0.25, 0.3) is 21.1 Å². The first-order valence-corrected chi connectivity index (χ1v) is 9.66. The molecule has 0 bridgehead atoms. The van der Waals surface area contributed by atoms with E-state index in [9.17, 15) is 8.78 Å². The molecule has 144 valence electrons. The molecule has 5 aromatic rings. The van der Waals surface area contributed by atoms with Crippen molar-refractivity contribution in [1.29, 1.82) is 0 Å². The van der Waals surface area contributed by atoms with Crippen molar-refractivity contribution in [2.24, 2.45) is 0 Å². The number of aromatic nitrogens is 4. The molecule has 0 spiro atoms. The van der Waals surface area contributed by atoms with Gasteiger partial charge in [0.1, 0.15) is 11.6 Å². The lowest BCUT2D eigenvalue weighted by Crippen LogP contribution is -2.06. The SMILES string of the molecule is Fc1cc(F)cc(CNc2nc(Nc3ccc4[nH]ncc4c3)c3sccc3n2)c1. The Morgan fingerprint density at radius 1 is 1.00 bits per heavy atom. The lowest BCUT2D eigenvalue weighted by Gasteiger charge is -2.10. The summed E-state index contributed by atoms with van der Waals surface area (Å²) in [4.78, 5) is 9.05. The van der Waals surface area contributed by atoms with Gasteiger partial charge in [0.2, 0.25) is 5.95 Å². The van der Waals surface area contributed by atoms with Gasteiger partial charge in [-0.05, 0) is 47.3 Å². The molecule has 3 heterocycles. The highest BCUT2D eigenvalue weighted by Gasteiger charge is 2.11. The molecule has 0 aliphatic carbocycles. The lowest BCUT2D eigenvalue weighted by atomic mass is 10.2. The fourth-order valence-electron chi connectivity index (χ4n) is 3.08. The Morgan fingerprint density at radius 3 is 2.72 bits per heavy atom. The molecule has 0 amide bonds. The van der Waals surface area contributed by atoms with Gasteiger partial charge in [-0.1, -0.05) is 0 Å². The highest BCUT2D eigenvalue weighted by molar-refractivity contribution is 7.17. The third kappa shape index (κ3) is 3.59. The van der Waals surface area contributed by atoms with Crippen molar-refractivity contribution in [3.63, 3.8) is 0 Å². The van der Waals surface area contributed by atoms with E-state index in [-0.39, 0.29) is 6.54 Å². The lowest BCUT2D eigenvalue weighted by molar-refractivity contribution is 0.580. The van der Waals surface area contributed by atoms with Crippen molar-refractivity contribution >= 4 is 49.9 Å². The summed E-state index contributed by atoms with van der Waals surface area (Å²) in [6.07, 6.45) is 1.76. The van der Waals surface area contributed by atoms with E-state index < -0.39 is 11.6 Å². The van der Waals surface area contributed by atoms with E-state index in [0.717, 1.165) is 32.9 Å². The fraction of sp³-hybridized carbons (Fsp3) is 0.0500. The first kappa shape index (κ1) is 17.5. The summed E-state index contributed by atoms with van der Waals surface area (Å²) in [6.45, 7) is 0.199. The van der Waals surface area contributed by atoms with Crippen LogP contribution in [0.2, 0.25) is 0 Å². The molecule has 3 aromatic heterocycles. The van der Waals surface area contributed by atoms with E-state index in [4.69, 9.17) is 0 Å². The normalized spacial score (nSPS) is 11.2. The number of halogens is 2. The Balaban J connectivity index is 1.44. The van der Waals surface area contributed by atoms with Crippen LogP contribution in [0.4, 0.5) is 26.2 Å². The Morgan fingerprint density at radius 2 is 1.86 bits per heavy atom. The molecular formula is C20H14F2N6S.